The lowest BCUT2D eigenvalue weighted by atomic mass is 9.95. The molecule has 1 aliphatic heterocycles. The Labute approximate surface area is 255 Å². The molecule has 0 unspecified atom stereocenters. The first-order valence-corrected chi connectivity index (χ1v) is 14.5. The number of phenols is 1. The highest BCUT2D eigenvalue weighted by Crippen LogP contribution is 2.39. The second-order valence-electron chi connectivity index (χ2n) is 10.6. The van der Waals surface area contributed by atoms with E-state index in [1.807, 2.05) is 91.0 Å². The summed E-state index contributed by atoms with van der Waals surface area (Å²) < 4.78 is 37.8. The van der Waals surface area contributed by atoms with Crippen LogP contribution in [0.3, 0.4) is 0 Å². The first-order valence-electron chi connectivity index (χ1n) is 14.5. The lowest BCUT2D eigenvalue weighted by molar-refractivity contribution is -0.322. The second-order valence-corrected chi connectivity index (χ2v) is 10.6. The van der Waals surface area contributed by atoms with Crippen molar-refractivity contribution in [3.63, 3.8) is 0 Å². The van der Waals surface area contributed by atoms with Crippen molar-refractivity contribution in [3.05, 3.63) is 148 Å². The van der Waals surface area contributed by atoms with Gasteiger partial charge in [0.2, 0.25) is 0 Å². The van der Waals surface area contributed by atoms with E-state index in [4.69, 9.17) is 28.1 Å². The molecule has 1 aromatic heterocycles. The van der Waals surface area contributed by atoms with E-state index < -0.39 is 36.3 Å². The molecule has 5 atom stereocenters. The van der Waals surface area contributed by atoms with E-state index >= 15 is 0 Å². The fraction of sp³-hybridized carbons (Fsp3) is 0.250. The summed E-state index contributed by atoms with van der Waals surface area (Å²) >= 11 is 0. The van der Waals surface area contributed by atoms with Crippen LogP contribution in [-0.2, 0) is 43.5 Å². The van der Waals surface area contributed by atoms with Gasteiger partial charge in [0.1, 0.15) is 41.3 Å². The van der Waals surface area contributed by atoms with E-state index in [2.05, 4.69) is 0 Å². The number of rotatable bonds is 11. The van der Waals surface area contributed by atoms with Crippen molar-refractivity contribution in [1.29, 1.82) is 0 Å². The van der Waals surface area contributed by atoms with Crippen LogP contribution in [0, 0.1) is 0 Å². The van der Waals surface area contributed by atoms with Crippen LogP contribution < -0.4 is 5.63 Å². The monoisotopic (exact) mass is 594 g/mol. The molecule has 1 N–H and O–H groups in total. The van der Waals surface area contributed by atoms with Crippen LogP contribution in [0.2, 0.25) is 0 Å². The molecule has 0 aliphatic carbocycles. The average molecular weight is 595 g/mol. The van der Waals surface area contributed by atoms with Gasteiger partial charge in [0.25, 0.3) is 0 Å². The third-order valence-electron chi connectivity index (χ3n) is 7.65. The number of aromatic hydroxyl groups is 1. The smallest absolute Gasteiger partial charge is 0.347 e. The maximum Gasteiger partial charge on any atom is 0.347 e. The van der Waals surface area contributed by atoms with Crippen LogP contribution in [0.5, 0.6) is 5.75 Å². The molecule has 4 aromatic carbocycles. The molecule has 2 heterocycles. The highest BCUT2D eigenvalue weighted by molar-refractivity contribution is 5.86. The topological polar surface area (TPSA) is 96.6 Å². The Kier molecular flexibility index (Phi) is 9.45. The van der Waals surface area contributed by atoms with Gasteiger partial charge in [-0.2, -0.15) is 0 Å². The van der Waals surface area contributed by atoms with Gasteiger partial charge in [0.05, 0.1) is 19.8 Å². The Morgan fingerprint density at radius 2 is 1.18 bits per heavy atom. The minimum atomic E-state index is -0.902. The molecular weight excluding hydrogens is 560 g/mol. The van der Waals surface area contributed by atoms with Gasteiger partial charge in [0, 0.05) is 7.11 Å². The Morgan fingerprint density at radius 3 is 1.73 bits per heavy atom. The number of hydrogen-bond donors (Lipinski definition) is 1. The van der Waals surface area contributed by atoms with Crippen LogP contribution in [0.15, 0.2) is 124 Å². The zero-order valence-corrected chi connectivity index (χ0v) is 24.3. The Morgan fingerprint density at radius 1 is 0.659 bits per heavy atom. The van der Waals surface area contributed by atoms with Gasteiger partial charge < -0.3 is 33.2 Å². The van der Waals surface area contributed by atoms with E-state index in [0.717, 1.165) is 16.7 Å². The Bertz CT molecular complexity index is 1690. The highest BCUT2D eigenvalue weighted by Gasteiger charge is 2.50. The Balaban J connectivity index is 1.40. The molecule has 0 radical (unpaired) electrons. The van der Waals surface area contributed by atoms with Gasteiger partial charge in [-0.3, -0.25) is 0 Å². The van der Waals surface area contributed by atoms with Crippen molar-refractivity contribution in [2.45, 2.75) is 50.5 Å². The zero-order valence-electron chi connectivity index (χ0n) is 24.3. The number of phenolic OH excluding ortho intramolecular Hbond substituents is 1. The molecule has 8 nitrogen and oxygen atoms in total. The van der Waals surface area contributed by atoms with Crippen molar-refractivity contribution in [1.82, 2.24) is 0 Å². The van der Waals surface area contributed by atoms with E-state index in [1.165, 1.54) is 13.2 Å². The molecule has 5 aromatic rings. The summed E-state index contributed by atoms with van der Waals surface area (Å²) in [7, 11) is 1.54. The minimum Gasteiger partial charge on any atom is -0.507 e. The van der Waals surface area contributed by atoms with E-state index in [0.29, 0.717) is 12.0 Å². The summed E-state index contributed by atoms with van der Waals surface area (Å²) in [6, 6.07) is 36.0. The van der Waals surface area contributed by atoms with Gasteiger partial charge >= 0.3 is 5.63 Å². The van der Waals surface area contributed by atoms with E-state index in [1.54, 1.807) is 18.2 Å². The summed E-state index contributed by atoms with van der Waals surface area (Å²) in [4.78, 5) is 13.1. The maximum atomic E-state index is 13.1. The maximum absolute atomic E-state index is 13.1. The van der Waals surface area contributed by atoms with Gasteiger partial charge in [0.15, 0.2) is 6.29 Å². The van der Waals surface area contributed by atoms with Crippen molar-refractivity contribution >= 4 is 10.8 Å². The van der Waals surface area contributed by atoms with E-state index in [9.17, 15) is 9.90 Å². The van der Waals surface area contributed by atoms with Gasteiger partial charge in [-0.25, -0.2) is 4.79 Å². The number of fused-ring (bicyclic) bond motifs is 1. The molecule has 226 valence electrons. The number of methoxy groups -OCH3 is 1. The normalized spacial score (nSPS) is 21.8. The molecule has 0 bridgehead atoms. The largest absolute Gasteiger partial charge is 0.507 e. The quantitative estimate of drug-likeness (QED) is 0.190. The van der Waals surface area contributed by atoms with Crippen LogP contribution in [0.25, 0.3) is 10.8 Å². The third-order valence-corrected chi connectivity index (χ3v) is 7.65. The predicted octanol–water partition coefficient (Wildman–Crippen LogP) is 6.30. The molecule has 0 spiro atoms. The molecule has 44 heavy (non-hydrogen) atoms. The molecule has 8 heteroatoms. The third kappa shape index (κ3) is 6.75. The molecule has 1 saturated heterocycles. The standard InChI is InChI=1S/C36H34O8/c1-39-36-34(42-23-26-16-9-4-10-17-26)33(41-22-25-14-7-3-8-15-25)32(40-21-24-12-5-2-6-13-24)31(44-36)29-20-27-18-11-19-28(37)30(27)35(38)43-29/h2-20,31-34,36-37H,21-23H2,1H3/t31-,32-,33+,34-,36+/m1/s1. The number of hydrogen-bond acceptors (Lipinski definition) is 8. The van der Waals surface area contributed by atoms with Crippen LogP contribution in [0.1, 0.15) is 28.6 Å². The lowest BCUT2D eigenvalue weighted by Crippen LogP contribution is -2.57. The molecular formula is C36H34O8. The fourth-order valence-corrected chi connectivity index (χ4v) is 5.46. The van der Waals surface area contributed by atoms with Crippen molar-refractivity contribution < 1.29 is 33.2 Å². The molecule has 0 saturated carbocycles. The van der Waals surface area contributed by atoms with Crippen molar-refractivity contribution in [2.24, 2.45) is 0 Å². The first-order chi connectivity index (χ1) is 21.6. The van der Waals surface area contributed by atoms with Crippen LogP contribution >= 0.6 is 0 Å². The Hall–Kier alpha value is -4.31. The van der Waals surface area contributed by atoms with Gasteiger partial charge in [-0.15, -0.1) is 0 Å². The van der Waals surface area contributed by atoms with Gasteiger partial charge in [-0.05, 0) is 34.2 Å². The SMILES string of the molecule is CO[C@H]1O[C@H](c2cc3cccc(O)c3c(=O)o2)[C@@H](OCc2ccccc2)[C@H](OCc2ccccc2)[C@H]1OCc1ccccc1. The fourth-order valence-electron chi connectivity index (χ4n) is 5.46. The first kappa shape index (κ1) is 29.7. The zero-order chi connectivity index (χ0) is 30.3. The summed E-state index contributed by atoms with van der Waals surface area (Å²) in [5.74, 6) is 0.0699. The average Bonchev–Trinajstić information content (AvgIpc) is 3.06. The molecule has 6 rings (SSSR count). The summed E-state index contributed by atoms with van der Waals surface area (Å²) in [5, 5.41) is 10.9. The van der Waals surface area contributed by atoms with Gasteiger partial charge in [-0.1, -0.05) is 103 Å². The van der Waals surface area contributed by atoms with E-state index in [-0.39, 0.29) is 30.1 Å². The second kappa shape index (κ2) is 14.0. The van der Waals surface area contributed by atoms with Crippen LogP contribution in [-0.4, -0.2) is 36.8 Å². The number of ether oxygens (including phenoxy) is 5. The summed E-state index contributed by atoms with van der Waals surface area (Å²) in [5.41, 5.74) is 2.22. The molecule has 1 aliphatic rings. The summed E-state index contributed by atoms with van der Waals surface area (Å²) in [6.07, 6.45) is -3.95. The highest BCUT2D eigenvalue weighted by atomic mass is 16.7. The lowest BCUT2D eigenvalue weighted by Gasteiger charge is -2.45. The molecule has 0 amide bonds. The van der Waals surface area contributed by atoms with Crippen molar-refractivity contribution in [2.75, 3.05) is 7.11 Å². The molecule has 1 fully saturated rings. The predicted molar refractivity (Wildman–Crippen MR) is 164 cm³/mol. The number of benzene rings is 4. The van der Waals surface area contributed by atoms with Crippen molar-refractivity contribution in [3.8, 4) is 5.75 Å². The minimum absolute atomic E-state index is 0.0954. The summed E-state index contributed by atoms with van der Waals surface area (Å²) in [6.45, 7) is 0.819. The van der Waals surface area contributed by atoms with Crippen LogP contribution in [0.4, 0.5) is 0 Å².